The number of carbonyl (C=O) groups is 1. The van der Waals surface area contributed by atoms with Crippen molar-refractivity contribution in [3.05, 3.63) is 47.7 Å². The second kappa shape index (κ2) is 6.36. The van der Waals surface area contributed by atoms with Crippen LogP contribution in [0, 0.1) is 6.92 Å². The lowest BCUT2D eigenvalue weighted by Crippen LogP contribution is -2.32. The third-order valence-electron chi connectivity index (χ3n) is 4.00. The molecule has 0 aliphatic carbocycles. The number of likely N-dealkylation sites (tertiary alicyclic amines) is 1. The van der Waals surface area contributed by atoms with Gasteiger partial charge in [-0.1, -0.05) is 0 Å². The third kappa shape index (κ3) is 3.33. The van der Waals surface area contributed by atoms with Crippen molar-refractivity contribution in [3.63, 3.8) is 0 Å². The zero-order valence-corrected chi connectivity index (χ0v) is 12.6. The number of anilines is 1. The molecule has 1 aliphatic heterocycles. The van der Waals surface area contributed by atoms with Crippen LogP contribution in [-0.2, 0) is 0 Å². The minimum atomic E-state index is -2.62. The molecule has 2 aromatic heterocycles. The van der Waals surface area contributed by atoms with Gasteiger partial charge < -0.3 is 14.6 Å². The summed E-state index contributed by atoms with van der Waals surface area (Å²) >= 11 is 0. The Morgan fingerprint density at radius 2 is 2.35 bits per heavy atom. The fourth-order valence-corrected chi connectivity index (χ4v) is 2.79. The van der Waals surface area contributed by atoms with Crippen LogP contribution >= 0.6 is 0 Å². The predicted molar refractivity (Wildman–Crippen MR) is 80.6 cm³/mol. The average Bonchev–Trinajstić information content (AvgIpc) is 3.18. The maximum atomic E-state index is 12.7. The van der Waals surface area contributed by atoms with Gasteiger partial charge in [-0.15, -0.1) is 0 Å². The number of amides is 2. The smallest absolute Gasteiger partial charge is 0.321 e. The summed E-state index contributed by atoms with van der Waals surface area (Å²) in [6.07, 6.45) is 1.10. The van der Waals surface area contributed by atoms with Crippen molar-refractivity contribution < 1.29 is 18.0 Å². The van der Waals surface area contributed by atoms with Crippen LogP contribution in [0.1, 0.15) is 35.8 Å². The van der Waals surface area contributed by atoms with Crippen LogP contribution in [0.15, 0.2) is 35.1 Å². The molecule has 0 saturated carbocycles. The summed E-state index contributed by atoms with van der Waals surface area (Å²) in [5, 5.41) is 2.71. The molecule has 2 amide bonds. The molecule has 1 unspecified atom stereocenters. The molecule has 122 valence electrons. The molecular weight excluding hydrogens is 304 g/mol. The van der Waals surface area contributed by atoms with E-state index in [1.807, 2.05) is 12.1 Å². The van der Waals surface area contributed by atoms with E-state index in [-0.39, 0.29) is 17.6 Å². The van der Waals surface area contributed by atoms with Crippen LogP contribution in [0.5, 0.6) is 0 Å². The number of halogens is 2. The first-order valence-corrected chi connectivity index (χ1v) is 7.38. The van der Waals surface area contributed by atoms with E-state index in [1.54, 1.807) is 18.1 Å². The molecule has 1 fully saturated rings. The van der Waals surface area contributed by atoms with E-state index >= 15 is 0 Å². The number of alkyl halides is 2. The topological polar surface area (TPSA) is 58.4 Å². The molecule has 1 N–H and O–H groups in total. The molecule has 0 spiro atoms. The highest BCUT2D eigenvalue weighted by Crippen LogP contribution is 2.28. The van der Waals surface area contributed by atoms with Gasteiger partial charge in [0.1, 0.15) is 11.5 Å². The quantitative estimate of drug-likeness (QED) is 0.931. The van der Waals surface area contributed by atoms with Gasteiger partial charge >= 0.3 is 6.03 Å². The molecule has 7 heteroatoms. The summed E-state index contributed by atoms with van der Waals surface area (Å²) in [6, 6.07) is 4.98. The Hall–Kier alpha value is -2.44. The first-order valence-electron chi connectivity index (χ1n) is 7.38. The van der Waals surface area contributed by atoms with E-state index in [4.69, 9.17) is 4.42 Å². The lowest BCUT2D eigenvalue weighted by molar-refractivity contribution is 0.145. The van der Waals surface area contributed by atoms with Crippen molar-refractivity contribution in [2.45, 2.75) is 25.7 Å². The highest BCUT2D eigenvalue weighted by Gasteiger charge is 2.29. The van der Waals surface area contributed by atoms with Gasteiger partial charge in [-0.05, 0) is 37.1 Å². The molecule has 3 heterocycles. The first kappa shape index (κ1) is 15.5. The number of aryl methyl sites for hydroxylation is 1. The number of aromatic nitrogens is 1. The lowest BCUT2D eigenvalue weighted by atomic mass is 10.1. The Bertz CT molecular complexity index is 689. The SMILES string of the molecule is Cc1cc(NC(=O)N2CCC(c3ccco3)C2)cnc1C(F)F. The fraction of sp³-hybridized carbons (Fsp3) is 0.375. The zero-order valence-electron chi connectivity index (χ0n) is 12.6. The van der Waals surface area contributed by atoms with E-state index in [2.05, 4.69) is 10.3 Å². The molecular formula is C16H17F2N3O2. The summed E-state index contributed by atoms with van der Waals surface area (Å²) in [5.41, 5.74) is 0.507. The molecule has 0 aromatic carbocycles. The van der Waals surface area contributed by atoms with E-state index in [0.717, 1.165) is 12.2 Å². The molecule has 1 aliphatic rings. The van der Waals surface area contributed by atoms with E-state index < -0.39 is 6.43 Å². The van der Waals surface area contributed by atoms with Crippen molar-refractivity contribution in [1.29, 1.82) is 0 Å². The molecule has 1 saturated heterocycles. The van der Waals surface area contributed by atoms with Crippen LogP contribution in [0.25, 0.3) is 0 Å². The standard InChI is InChI=1S/C16H17F2N3O2/c1-10-7-12(8-19-14(10)15(17)18)20-16(22)21-5-4-11(9-21)13-3-2-6-23-13/h2-3,6-8,11,15H,4-5,9H2,1H3,(H,20,22). The first-order chi connectivity index (χ1) is 11.0. The maximum Gasteiger partial charge on any atom is 0.321 e. The van der Waals surface area contributed by atoms with E-state index in [1.165, 1.54) is 12.3 Å². The highest BCUT2D eigenvalue weighted by molar-refractivity contribution is 5.89. The van der Waals surface area contributed by atoms with E-state index in [9.17, 15) is 13.6 Å². The van der Waals surface area contributed by atoms with Crippen molar-refractivity contribution >= 4 is 11.7 Å². The van der Waals surface area contributed by atoms with Crippen molar-refractivity contribution in [3.8, 4) is 0 Å². The summed E-state index contributed by atoms with van der Waals surface area (Å²) in [4.78, 5) is 17.7. The fourth-order valence-electron chi connectivity index (χ4n) is 2.79. The minimum absolute atomic E-state index is 0.192. The van der Waals surface area contributed by atoms with Gasteiger partial charge in [-0.2, -0.15) is 0 Å². The highest BCUT2D eigenvalue weighted by atomic mass is 19.3. The second-order valence-electron chi connectivity index (χ2n) is 5.60. The summed E-state index contributed by atoms with van der Waals surface area (Å²) in [5.74, 6) is 1.07. The number of nitrogens with zero attached hydrogens (tertiary/aromatic N) is 2. The summed E-state index contributed by atoms with van der Waals surface area (Å²) in [6.45, 7) is 2.74. The van der Waals surface area contributed by atoms with Crippen LogP contribution in [-0.4, -0.2) is 29.0 Å². The Morgan fingerprint density at radius 3 is 3.00 bits per heavy atom. The van der Waals surface area contributed by atoms with Crippen LogP contribution in [0.4, 0.5) is 19.3 Å². The minimum Gasteiger partial charge on any atom is -0.469 e. The second-order valence-corrected chi connectivity index (χ2v) is 5.60. The number of nitrogens with one attached hydrogen (secondary N) is 1. The van der Waals surface area contributed by atoms with Crippen molar-refractivity contribution in [2.75, 3.05) is 18.4 Å². The van der Waals surface area contributed by atoms with Crippen molar-refractivity contribution in [1.82, 2.24) is 9.88 Å². The normalized spacial score (nSPS) is 17.7. The largest absolute Gasteiger partial charge is 0.469 e. The number of pyridine rings is 1. The zero-order chi connectivity index (χ0) is 16.4. The Morgan fingerprint density at radius 1 is 1.52 bits per heavy atom. The molecule has 3 rings (SSSR count). The van der Waals surface area contributed by atoms with Crippen LogP contribution < -0.4 is 5.32 Å². The van der Waals surface area contributed by atoms with Gasteiger partial charge in [0.2, 0.25) is 0 Å². The number of hydrogen-bond donors (Lipinski definition) is 1. The average molecular weight is 321 g/mol. The predicted octanol–water partition coefficient (Wildman–Crippen LogP) is 3.94. The monoisotopic (exact) mass is 321 g/mol. The number of carbonyl (C=O) groups excluding carboxylic acids is 1. The number of rotatable bonds is 3. The molecule has 5 nitrogen and oxygen atoms in total. The molecule has 0 radical (unpaired) electrons. The Kier molecular flexibility index (Phi) is 4.27. The Labute approximate surface area is 132 Å². The number of urea groups is 1. The van der Waals surface area contributed by atoms with Crippen LogP contribution in [0.2, 0.25) is 0 Å². The van der Waals surface area contributed by atoms with Gasteiger partial charge in [-0.25, -0.2) is 13.6 Å². The van der Waals surface area contributed by atoms with Crippen LogP contribution in [0.3, 0.4) is 0 Å². The molecule has 0 bridgehead atoms. The summed E-state index contributed by atoms with van der Waals surface area (Å²) < 4.78 is 30.7. The van der Waals surface area contributed by atoms with E-state index in [0.29, 0.717) is 24.3 Å². The lowest BCUT2D eigenvalue weighted by Gasteiger charge is -2.17. The summed E-state index contributed by atoms with van der Waals surface area (Å²) in [7, 11) is 0. The third-order valence-corrected chi connectivity index (χ3v) is 4.00. The molecule has 1 atom stereocenters. The van der Waals surface area contributed by atoms with Gasteiger partial charge in [0.15, 0.2) is 0 Å². The molecule has 23 heavy (non-hydrogen) atoms. The van der Waals surface area contributed by atoms with Gasteiger partial charge in [0.05, 0.1) is 18.1 Å². The Balaban J connectivity index is 1.63. The van der Waals surface area contributed by atoms with Crippen molar-refractivity contribution in [2.24, 2.45) is 0 Å². The maximum absolute atomic E-state index is 12.7. The van der Waals surface area contributed by atoms with Gasteiger partial charge in [0, 0.05) is 19.0 Å². The molecule has 2 aromatic rings. The van der Waals surface area contributed by atoms with Gasteiger partial charge in [0.25, 0.3) is 6.43 Å². The number of furan rings is 1. The number of hydrogen-bond acceptors (Lipinski definition) is 3. The van der Waals surface area contributed by atoms with Gasteiger partial charge in [-0.3, -0.25) is 4.98 Å².